The van der Waals surface area contributed by atoms with E-state index in [9.17, 15) is 8.78 Å². The third-order valence-electron chi connectivity index (χ3n) is 3.84. The highest BCUT2D eigenvalue weighted by atomic mass is 35.5. The van der Waals surface area contributed by atoms with Crippen LogP contribution in [-0.2, 0) is 6.54 Å². The molecule has 0 aromatic heterocycles. The fraction of sp³-hybridized carbons (Fsp3) is 0.600. The molecule has 1 aromatic carbocycles. The van der Waals surface area contributed by atoms with Crippen LogP contribution in [0.25, 0.3) is 0 Å². The van der Waals surface area contributed by atoms with E-state index in [4.69, 9.17) is 11.6 Å². The molecule has 0 heterocycles. The number of halogens is 3. The summed E-state index contributed by atoms with van der Waals surface area (Å²) in [5.41, 5.74) is 0.677. The second-order valence-electron chi connectivity index (χ2n) is 5.47. The van der Waals surface area contributed by atoms with Gasteiger partial charge in [0.05, 0.1) is 0 Å². The highest BCUT2D eigenvalue weighted by molar-refractivity contribution is 6.30. The minimum Gasteiger partial charge on any atom is -0.434 e. The second kappa shape index (κ2) is 7.23. The van der Waals surface area contributed by atoms with Gasteiger partial charge in [-0.3, -0.25) is 0 Å². The maximum Gasteiger partial charge on any atom is 0.387 e. The van der Waals surface area contributed by atoms with Gasteiger partial charge in [-0.1, -0.05) is 18.5 Å². The molecule has 1 fully saturated rings. The Morgan fingerprint density at radius 1 is 1.30 bits per heavy atom. The predicted octanol–water partition coefficient (Wildman–Crippen LogP) is 4.61. The Hall–Kier alpha value is -0.870. The van der Waals surface area contributed by atoms with Gasteiger partial charge in [-0.25, -0.2) is 0 Å². The molecule has 0 spiro atoms. The van der Waals surface area contributed by atoms with Crippen LogP contribution in [0.4, 0.5) is 8.78 Å². The summed E-state index contributed by atoms with van der Waals surface area (Å²) in [5, 5.41) is 3.94. The van der Waals surface area contributed by atoms with Crippen molar-refractivity contribution in [3.05, 3.63) is 28.8 Å². The summed E-state index contributed by atoms with van der Waals surface area (Å²) in [6, 6.07) is 5.18. The van der Waals surface area contributed by atoms with Gasteiger partial charge in [0.25, 0.3) is 0 Å². The van der Waals surface area contributed by atoms with Crippen LogP contribution in [0.2, 0.25) is 5.02 Å². The molecule has 0 amide bonds. The van der Waals surface area contributed by atoms with Crippen molar-refractivity contribution in [2.75, 3.05) is 0 Å². The third-order valence-corrected chi connectivity index (χ3v) is 4.07. The molecule has 1 aromatic rings. The SMILES string of the molecule is CC1CCC(NCc2cc(Cl)ccc2OC(F)F)CC1. The number of nitrogens with one attached hydrogen (secondary N) is 1. The molecular weight excluding hydrogens is 284 g/mol. The topological polar surface area (TPSA) is 21.3 Å². The quantitative estimate of drug-likeness (QED) is 0.857. The van der Waals surface area contributed by atoms with E-state index in [0.29, 0.717) is 23.2 Å². The molecule has 1 aliphatic carbocycles. The maximum absolute atomic E-state index is 12.4. The van der Waals surface area contributed by atoms with Crippen LogP contribution in [0.1, 0.15) is 38.2 Å². The fourth-order valence-corrected chi connectivity index (χ4v) is 2.81. The van der Waals surface area contributed by atoms with Gasteiger partial charge in [0.15, 0.2) is 0 Å². The van der Waals surface area contributed by atoms with Gasteiger partial charge >= 0.3 is 6.61 Å². The summed E-state index contributed by atoms with van der Waals surface area (Å²) in [7, 11) is 0. The third kappa shape index (κ3) is 4.60. The van der Waals surface area contributed by atoms with Gasteiger partial charge in [0.1, 0.15) is 5.75 Å². The summed E-state index contributed by atoms with van der Waals surface area (Å²) in [6.45, 7) is -0.0471. The van der Waals surface area contributed by atoms with Gasteiger partial charge in [-0.05, 0) is 49.8 Å². The average molecular weight is 304 g/mol. The Morgan fingerprint density at radius 3 is 2.65 bits per heavy atom. The molecule has 0 unspecified atom stereocenters. The van der Waals surface area contributed by atoms with E-state index in [0.717, 1.165) is 18.8 Å². The molecule has 0 aliphatic heterocycles. The van der Waals surface area contributed by atoms with Crippen molar-refractivity contribution in [3.63, 3.8) is 0 Å². The van der Waals surface area contributed by atoms with Crippen molar-refractivity contribution in [1.29, 1.82) is 0 Å². The van der Waals surface area contributed by atoms with Crippen LogP contribution < -0.4 is 10.1 Å². The number of hydrogen-bond donors (Lipinski definition) is 1. The highest BCUT2D eigenvalue weighted by Crippen LogP contribution is 2.27. The van der Waals surface area contributed by atoms with E-state index < -0.39 is 6.61 Å². The molecule has 112 valence electrons. The second-order valence-corrected chi connectivity index (χ2v) is 5.90. The van der Waals surface area contributed by atoms with Crippen LogP contribution >= 0.6 is 11.6 Å². The van der Waals surface area contributed by atoms with Gasteiger partial charge in [0, 0.05) is 23.2 Å². The summed E-state index contributed by atoms with van der Waals surface area (Å²) in [6.07, 6.45) is 4.70. The molecule has 0 atom stereocenters. The molecule has 0 radical (unpaired) electrons. The zero-order valence-electron chi connectivity index (χ0n) is 11.5. The summed E-state index contributed by atoms with van der Waals surface area (Å²) in [5.74, 6) is 0.984. The summed E-state index contributed by atoms with van der Waals surface area (Å²) < 4.78 is 29.3. The molecule has 1 saturated carbocycles. The standard InChI is InChI=1S/C15H20ClF2NO/c1-10-2-5-13(6-3-10)19-9-11-8-12(16)4-7-14(11)20-15(17)18/h4,7-8,10,13,15,19H,2-3,5-6,9H2,1H3. The largest absolute Gasteiger partial charge is 0.434 e. The lowest BCUT2D eigenvalue weighted by Crippen LogP contribution is -2.32. The molecule has 2 rings (SSSR count). The van der Waals surface area contributed by atoms with Crippen LogP contribution in [0.15, 0.2) is 18.2 Å². The first kappa shape index (κ1) is 15.5. The van der Waals surface area contributed by atoms with E-state index in [1.807, 2.05) is 0 Å². The van der Waals surface area contributed by atoms with Crippen molar-refractivity contribution in [2.24, 2.45) is 5.92 Å². The number of benzene rings is 1. The molecule has 0 saturated heterocycles. The summed E-state index contributed by atoms with van der Waals surface area (Å²) >= 11 is 5.92. The van der Waals surface area contributed by atoms with Crippen molar-refractivity contribution in [2.45, 2.75) is 51.8 Å². The summed E-state index contributed by atoms with van der Waals surface area (Å²) in [4.78, 5) is 0. The molecule has 5 heteroatoms. The van der Waals surface area contributed by atoms with Crippen LogP contribution in [0, 0.1) is 5.92 Å². The Kier molecular flexibility index (Phi) is 5.61. The van der Waals surface area contributed by atoms with E-state index in [2.05, 4.69) is 17.0 Å². The van der Waals surface area contributed by atoms with E-state index in [-0.39, 0.29) is 5.75 Å². The van der Waals surface area contributed by atoms with Crippen LogP contribution in [0.5, 0.6) is 5.75 Å². The zero-order valence-corrected chi connectivity index (χ0v) is 12.3. The zero-order chi connectivity index (χ0) is 14.5. The lowest BCUT2D eigenvalue weighted by molar-refractivity contribution is -0.0505. The minimum atomic E-state index is -2.81. The van der Waals surface area contributed by atoms with Gasteiger partial charge in [-0.2, -0.15) is 8.78 Å². The fourth-order valence-electron chi connectivity index (χ4n) is 2.62. The maximum atomic E-state index is 12.4. The highest BCUT2D eigenvalue weighted by Gasteiger charge is 2.18. The van der Waals surface area contributed by atoms with Crippen molar-refractivity contribution in [3.8, 4) is 5.75 Å². The molecule has 20 heavy (non-hydrogen) atoms. The Bertz CT molecular complexity index is 434. The first-order valence-electron chi connectivity index (χ1n) is 7.01. The van der Waals surface area contributed by atoms with Gasteiger partial charge in [-0.15, -0.1) is 0 Å². The number of rotatable bonds is 5. The number of hydrogen-bond acceptors (Lipinski definition) is 2. The lowest BCUT2D eigenvalue weighted by Gasteiger charge is -2.27. The monoisotopic (exact) mass is 303 g/mol. The predicted molar refractivity (Wildman–Crippen MR) is 76.3 cm³/mol. The van der Waals surface area contributed by atoms with E-state index >= 15 is 0 Å². The Balaban J connectivity index is 1.95. The van der Waals surface area contributed by atoms with Crippen molar-refractivity contribution >= 4 is 11.6 Å². The Labute approximate surface area is 123 Å². The van der Waals surface area contributed by atoms with Gasteiger partial charge in [0.2, 0.25) is 0 Å². The van der Waals surface area contributed by atoms with Crippen molar-refractivity contribution < 1.29 is 13.5 Å². The first-order chi connectivity index (χ1) is 9.54. The molecule has 2 nitrogen and oxygen atoms in total. The normalized spacial score (nSPS) is 23.1. The van der Waals surface area contributed by atoms with Crippen LogP contribution in [-0.4, -0.2) is 12.7 Å². The first-order valence-corrected chi connectivity index (χ1v) is 7.39. The number of ether oxygens (including phenoxy) is 1. The molecule has 0 bridgehead atoms. The smallest absolute Gasteiger partial charge is 0.387 e. The number of alkyl halides is 2. The average Bonchev–Trinajstić information content (AvgIpc) is 2.40. The lowest BCUT2D eigenvalue weighted by atomic mass is 9.87. The minimum absolute atomic E-state index is 0.195. The van der Waals surface area contributed by atoms with E-state index in [1.165, 1.54) is 18.9 Å². The molecular formula is C15H20ClF2NO. The Morgan fingerprint density at radius 2 is 2.00 bits per heavy atom. The van der Waals surface area contributed by atoms with Crippen molar-refractivity contribution in [1.82, 2.24) is 5.32 Å². The van der Waals surface area contributed by atoms with Crippen LogP contribution in [0.3, 0.4) is 0 Å². The molecule has 1 N–H and O–H groups in total. The van der Waals surface area contributed by atoms with E-state index in [1.54, 1.807) is 12.1 Å². The van der Waals surface area contributed by atoms with Gasteiger partial charge < -0.3 is 10.1 Å². The molecule has 1 aliphatic rings.